The number of Topliss-reactive ketones (excluding diaryl/α,β-unsaturated/α-hetero) is 1. The van der Waals surface area contributed by atoms with E-state index < -0.39 is 6.04 Å². The molecular formula is C16H21NO4S. The number of hydrogen-bond donors (Lipinski definition) is 0. The standard InChI is InChI=1S/C16H21NO4S/c1-13(18)11-12-14(17(20)21)7-5-6-10-16(19)22-15-8-3-2-4-9-15/h2-4,8-9,14H,5-7,10-12H2,1H3. The molecule has 0 bridgehead atoms. The number of nitrogens with zero attached hydrogens (tertiary/aromatic N) is 1. The first-order valence-electron chi connectivity index (χ1n) is 7.37. The van der Waals surface area contributed by atoms with Crippen LogP contribution < -0.4 is 0 Å². The van der Waals surface area contributed by atoms with Crippen molar-refractivity contribution in [1.29, 1.82) is 0 Å². The summed E-state index contributed by atoms with van der Waals surface area (Å²) >= 11 is 1.21. The molecule has 0 aromatic heterocycles. The van der Waals surface area contributed by atoms with Gasteiger partial charge in [-0.05, 0) is 31.9 Å². The van der Waals surface area contributed by atoms with Crippen molar-refractivity contribution in [3.8, 4) is 0 Å². The van der Waals surface area contributed by atoms with Gasteiger partial charge in [0, 0.05) is 35.5 Å². The second-order valence-electron chi connectivity index (χ2n) is 5.21. The van der Waals surface area contributed by atoms with E-state index in [0.29, 0.717) is 25.7 Å². The van der Waals surface area contributed by atoms with E-state index in [1.807, 2.05) is 30.3 Å². The largest absolute Gasteiger partial charge is 0.300 e. The Morgan fingerprint density at radius 2 is 1.82 bits per heavy atom. The van der Waals surface area contributed by atoms with Crippen LogP contribution in [-0.4, -0.2) is 21.9 Å². The van der Waals surface area contributed by atoms with Crippen molar-refractivity contribution in [2.75, 3.05) is 0 Å². The van der Waals surface area contributed by atoms with Gasteiger partial charge in [0.05, 0.1) is 0 Å². The SMILES string of the molecule is CC(=O)CCC(CCCCC(=O)Sc1ccccc1)[N+](=O)[O-]. The van der Waals surface area contributed by atoms with Crippen LogP contribution in [0.3, 0.4) is 0 Å². The summed E-state index contributed by atoms with van der Waals surface area (Å²) in [6.07, 6.45) is 2.64. The van der Waals surface area contributed by atoms with E-state index >= 15 is 0 Å². The zero-order chi connectivity index (χ0) is 16.4. The lowest BCUT2D eigenvalue weighted by Crippen LogP contribution is -2.20. The van der Waals surface area contributed by atoms with Gasteiger partial charge in [-0.2, -0.15) is 0 Å². The smallest absolute Gasteiger partial charge is 0.213 e. The molecule has 0 amide bonds. The average Bonchev–Trinajstić information content (AvgIpc) is 2.46. The number of nitro groups is 1. The number of ketones is 1. The highest BCUT2D eigenvalue weighted by atomic mass is 32.2. The molecule has 5 nitrogen and oxygen atoms in total. The maximum Gasteiger partial charge on any atom is 0.213 e. The summed E-state index contributed by atoms with van der Waals surface area (Å²) in [4.78, 5) is 34.2. The van der Waals surface area contributed by atoms with Crippen LogP contribution in [0.5, 0.6) is 0 Å². The molecule has 1 atom stereocenters. The maximum absolute atomic E-state index is 11.8. The fourth-order valence-corrected chi connectivity index (χ4v) is 2.85. The van der Waals surface area contributed by atoms with E-state index in [1.165, 1.54) is 18.7 Å². The molecule has 0 spiro atoms. The third-order valence-corrected chi connectivity index (χ3v) is 4.21. The second kappa shape index (κ2) is 10.1. The predicted molar refractivity (Wildman–Crippen MR) is 86.5 cm³/mol. The van der Waals surface area contributed by atoms with Gasteiger partial charge in [0.1, 0.15) is 5.78 Å². The van der Waals surface area contributed by atoms with Crippen molar-refractivity contribution in [1.82, 2.24) is 0 Å². The number of hydrogen-bond acceptors (Lipinski definition) is 5. The van der Waals surface area contributed by atoms with Crippen LogP contribution in [0.1, 0.15) is 45.4 Å². The topological polar surface area (TPSA) is 77.3 Å². The van der Waals surface area contributed by atoms with E-state index in [1.54, 1.807) is 0 Å². The van der Waals surface area contributed by atoms with Gasteiger partial charge < -0.3 is 4.79 Å². The fraction of sp³-hybridized carbons (Fsp3) is 0.500. The van der Waals surface area contributed by atoms with Crippen LogP contribution in [-0.2, 0) is 9.59 Å². The molecule has 1 aromatic carbocycles. The first-order chi connectivity index (χ1) is 10.5. The van der Waals surface area contributed by atoms with E-state index in [-0.39, 0.29) is 28.7 Å². The van der Waals surface area contributed by atoms with Crippen LogP contribution in [0, 0.1) is 10.1 Å². The van der Waals surface area contributed by atoms with Gasteiger partial charge in [0.15, 0.2) is 5.12 Å². The first kappa shape index (κ1) is 18.4. The Kier molecular flexibility index (Phi) is 8.43. The van der Waals surface area contributed by atoms with Crippen molar-refractivity contribution in [2.45, 2.75) is 56.4 Å². The maximum atomic E-state index is 11.8. The van der Waals surface area contributed by atoms with Crippen LogP contribution in [0.4, 0.5) is 0 Å². The highest BCUT2D eigenvalue weighted by Crippen LogP contribution is 2.21. The summed E-state index contributed by atoms with van der Waals surface area (Å²) in [7, 11) is 0. The van der Waals surface area contributed by atoms with Gasteiger partial charge in [-0.3, -0.25) is 14.9 Å². The summed E-state index contributed by atoms with van der Waals surface area (Å²) in [6, 6.07) is 8.74. The summed E-state index contributed by atoms with van der Waals surface area (Å²) < 4.78 is 0. The number of thioether (sulfide) groups is 1. The van der Waals surface area contributed by atoms with Crippen LogP contribution in [0.25, 0.3) is 0 Å². The Labute approximate surface area is 134 Å². The lowest BCUT2D eigenvalue weighted by Gasteiger charge is -2.08. The molecule has 0 aliphatic carbocycles. The van der Waals surface area contributed by atoms with Crippen molar-refractivity contribution < 1.29 is 14.5 Å². The van der Waals surface area contributed by atoms with Gasteiger partial charge in [-0.1, -0.05) is 30.0 Å². The second-order valence-corrected chi connectivity index (χ2v) is 6.34. The first-order valence-corrected chi connectivity index (χ1v) is 8.19. The monoisotopic (exact) mass is 323 g/mol. The molecule has 120 valence electrons. The fourth-order valence-electron chi connectivity index (χ4n) is 2.05. The van der Waals surface area contributed by atoms with Crippen LogP contribution >= 0.6 is 11.8 Å². The Hall–Kier alpha value is -1.69. The van der Waals surface area contributed by atoms with E-state index in [9.17, 15) is 19.7 Å². The number of unbranched alkanes of at least 4 members (excludes halogenated alkanes) is 1. The van der Waals surface area contributed by atoms with Crippen molar-refractivity contribution in [2.24, 2.45) is 0 Å². The van der Waals surface area contributed by atoms with Crippen LogP contribution in [0.15, 0.2) is 35.2 Å². The Morgan fingerprint density at radius 1 is 1.14 bits per heavy atom. The normalized spacial score (nSPS) is 11.9. The van der Waals surface area contributed by atoms with Gasteiger partial charge in [-0.25, -0.2) is 0 Å². The van der Waals surface area contributed by atoms with E-state index in [0.717, 1.165) is 4.90 Å². The molecule has 0 heterocycles. The molecule has 0 aliphatic heterocycles. The van der Waals surface area contributed by atoms with Crippen LogP contribution in [0.2, 0.25) is 0 Å². The zero-order valence-corrected chi connectivity index (χ0v) is 13.5. The average molecular weight is 323 g/mol. The minimum absolute atomic E-state index is 0.0266. The minimum atomic E-state index is -0.680. The minimum Gasteiger partial charge on any atom is -0.300 e. The van der Waals surface area contributed by atoms with Crippen molar-refractivity contribution >= 4 is 22.7 Å². The molecule has 0 fully saturated rings. The Balaban J connectivity index is 2.23. The summed E-state index contributed by atoms with van der Waals surface area (Å²) in [6.45, 7) is 1.44. The Bertz CT molecular complexity index is 504. The summed E-state index contributed by atoms with van der Waals surface area (Å²) in [5.41, 5.74) is 0. The molecule has 22 heavy (non-hydrogen) atoms. The molecule has 1 unspecified atom stereocenters. The molecule has 0 saturated heterocycles. The lowest BCUT2D eigenvalue weighted by atomic mass is 10.0. The van der Waals surface area contributed by atoms with Gasteiger partial charge in [-0.15, -0.1) is 0 Å². The number of benzene rings is 1. The molecule has 1 rings (SSSR count). The Morgan fingerprint density at radius 3 is 2.41 bits per heavy atom. The third-order valence-electron chi connectivity index (χ3n) is 3.27. The van der Waals surface area contributed by atoms with Gasteiger partial charge in [0.25, 0.3) is 0 Å². The number of carbonyl (C=O) groups excluding carboxylic acids is 2. The quantitative estimate of drug-likeness (QED) is 0.282. The lowest BCUT2D eigenvalue weighted by molar-refractivity contribution is -0.524. The van der Waals surface area contributed by atoms with E-state index in [2.05, 4.69) is 0 Å². The molecule has 0 N–H and O–H groups in total. The zero-order valence-electron chi connectivity index (χ0n) is 12.7. The number of rotatable bonds is 10. The predicted octanol–water partition coefficient (Wildman–Crippen LogP) is 3.88. The molecular weight excluding hydrogens is 302 g/mol. The van der Waals surface area contributed by atoms with E-state index in [4.69, 9.17) is 0 Å². The van der Waals surface area contributed by atoms with Crippen molar-refractivity contribution in [3.63, 3.8) is 0 Å². The highest BCUT2D eigenvalue weighted by Gasteiger charge is 2.20. The third kappa shape index (κ3) is 7.93. The summed E-state index contributed by atoms with van der Waals surface area (Å²) in [5, 5.41) is 11.0. The molecule has 1 aromatic rings. The molecule has 0 aliphatic rings. The van der Waals surface area contributed by atoms with Gasteiger partial charge in [0.2, 0.25) is 6.04 Å². The summed E-state index contributed by atoms with van der Waals surface area (Å²) in [5.74, 6) is -0.0266. The van der Waals surface area contributed by atoms with Crippen molar-refractivity contribution in [3.05, 3.63) is 40.4 Å². The van der Waals surface area contributed by atoms with Gasteiger partial charge >= 0.3 is 0 Å². The highest BCUT2D eigenvalue weighted by molar-refractivity contribution is 8.13. The molecule has 0 saturated carbocycles. The molecule has 0 radical (unpaired) electrons. The molecule has 6 heteroatoms. The number of carbonyl (C=O) groups is 2.